The van der Waals surface area contributed by atoms with Gasteiger partial charge in [0.25, 0.3) is 0 Å². The van der Waals surface area contributed by atoms with Crippen molar-refractivity contribution in [3.8, 4) is 5.75 Å². The fraction of sp³-hybridized carbons (Fsp3) is 0.375. The van der Waals surface area contributed by atoms with Crippen LogP contribution < -0.4 is 0 Å². The highest BCUT2D eigenvalue weighted by molar-refractivity contribution is 7.09. The lowest BCUT2D eigenvalue weighted by atomic mass is 10.1. The van der Waals surface area contributed by atoms with Crippen LogP contribution in [0.1, 0.15) is 37.5 Å². The predicted octanol–water partition coefficient (Wildman–Crippen LogP) is 5.26. The van der Waals surface area contributed by atoms with Crippen LogP contribution in [0.3, 0.4) is 0 Å². The van der Waals surface area contributed by atoms with E-state index >= 15 is 0 Å². The third-order valence-corrected chi connectivity index (χ3v) is 3.55. The molecule has 0 aliphatic rings. The summed E-state index contributed by atoms with van der Waals surface area (Å²) in [5.74, 6) is 0.322. The van der Waals surface area contributed by atoms with Gasteiger partial charge in [-0.3, -0.25) is 0 Å². The Kier molecular flexibility index (Phi) is 7.98. The van der Waals surface area contributed by atoms with Gasteiger partial charge in [0.15, 0.2) is 0 Å². The van der Waals surface area contributed by atoms with Crippen molar-refractivity contribution in [2.45, 2.75) is 39.0 Å². The largest absolute Gasteiger partial charge is 0.508 e. The Labute approximate surface area is 114 Å². The Balaban J connectivity index is 0.000000199. The number of benzene rings is 1. The van der Waals surface area contributed by atoms with Crippen molar-refractivity contribution in [2.75, 3.05) is 0 Å². The van der Waals surface area contributed by atoms with Crippen molar-refractivity contribution >= 4 is 11.3 Å². The van der Waals surface area contributed by atoms with Crippen LogP contribution in [0.15, 0.2) is 47.8 Å². The summed E-state index contributed by atoms with van der Waals surface area (Å²) in [5, 5.41) is 10.8. The van der Waals surface area contributed by atoms with Crippen molar-refractivity contribution in [3.05, 3.63) is 52.7 Å². The molecule has 0 unspecified atom stereocenters. The van der Waals surface area contributed by atoms with Gasteiger partial charge in [0.2, 0.25) is 0 Å². The quantitative estimate of drug-likeness (QED) is 0.728. The molecule has 1 heterocycles. The number of hydrogen-bond acceptors (Lipinski definition) is 2. The number of phenolic OH excluding ortho intramolecular Hbond substituents is 1. The second-order valence-corrected chi connectivity index (χ2v) is 5.26. The van der Waals surface area contributed by atoms with Gasteiger partial charge in [0.1, 0.15) is 5.75 Å². The molecule has 2 rings (SSSR count). The van der Waals surface area contributed by atoms with Gasteiger partial charge >= 0.3 is 0 Å². The molecule has 1 aromatic heterocycles. The molecule has 0 bridgehead atoms. The number of unbranched alkanes of at least 4 members (excludes halogenated alkanes) is 3. The van der Waals surface area contributed by atoms with Crippen molar-refractivity contribution in [1.82, 2.24) is 0 Å². The number of hydrogen-bond donors (Lipinski definition) is 1. The van der Waals surface area contributed by atoms with Crippen LogP contribution in [0.25, 0.3) is 0 Å². The molecule has 0 fully saturated rings. The first-order valence-electron chi connectivity index (χ1n) is 6.59. The summed E-state index contributed by atoms with van der Waals surface area (Å²) in [4.78, 5) is 1.54. The molecule has 0 radical (unpaired) electrons. The van der Waals surface area contributed by atoms with Crippen molar-refractivity contribution in [1.29, 1.82) is 0 Å². The first kappa shape index (κ1) is 14.8. The minimum absolute atomic E-state index is 0.322. The Morgan fingerprint density at radius 3 is 2.22 bits per heavy atom. The maximum Gasteiger partial charge on any atom is 0.115 e. The van der Waals surface area contributed by atoms with Crippen molar-refractivity contribution in [2.24, 2.45) is 0 Å². The topological polar surface area (TPSA) is 20.2 Å². The smallest absolute Gasteiger partial charge is 0.115 e. The maximum atomic E-state index is 8.63. The van der Waals surface area contributed by atoms with E-state index in [4.69, 9.17) is 5.11 Å². The highest BCUT2D eigenvalue weighted by Gasteiger charge is 1.92. The Bertz CT molecular complexity index is 381. The molecule has 18 heavy (non-hydrogen) atoms. The summed E-state index contributed by atoms with van der Waals surface area (Å²) >= 11 is 1.88. The third-order valence-electron chi connectivity index (χ3n) is 2.61. The Hall–Kier alpha value is -1.28. The number of para-hydroxylation sites is 1. The van der Waals surface area contributed by atoms with Gasteiger partial charge in [-0.1, -0.05) is 50.5 Å². The summed E-state index contributed by atoms with van der Waals surface area (Å²) in [7, 11) is 0. The van der Waals surface area contributed by atoms with Crippen LogP contribution in [0.2, 0.25) is 0 Å². The van der Waals surface area contributed by atoms with E-state index in [-0.39, 0.29) is 0 Å². The highest BCUT2D eigenvalue weighted by Crippen LogP contribution is 2.12. The molecule has 1 nitrogen and oxygen atoms in total. The monoisotopic (exact) mass is 262 g/mol. The number of aryl methyl sites for hydroxylation is 1. The average Bonchev–Trinajstić information content (AvgIpc) is 2.90. The highest BCUT2D eigenvalue weighted by atomic mass is 32.1. The van der Waals surface area contributed by atoms with Gasteiger partial charge in [0, 0.05) is 4.88 Å². The van der Waals surface area contributed by atoms with Gasteiger partial charge < -0.3 is 5.11 Å². The molecule has 0 saturated carbocycles. The molecule has 0 atom stereocenters. The van der Waals surface area contributed by atoms with Gasteiger partial charge in [-0.15, -0.1) is 11.3 Å². The zero-order chi connectivity index (χ0) is 13.1. The molecule has 0 aliphatic carbocycles. The number of phenols is 1. The van der Waals surface area contributed by atoms with Crippen LogP contribution in [-0.2, 0) is 6.42 Å². The standard InChI is InChI=1S/C10H16S.C6H6O/c1-2-3-4-5-7-10-8-6-9-11-10;7-6-4-2-1-3-5-6/h6,8-9H,2-5,7H2,1H3;1-5,7H. The minimum Gasteiger partial charge on any atom is -0.508 e. The first-order chi connectivity index (χ1) is 8.83. The van der Waals surface area contributed by atoms with Crippen molar-refractivity contribution < 1.29 is 5.11 Å². The van der Waals surface area contributed by atoms with E-state index in [1.54, 1.807) is 29.1 Å². The molecule has 1 N–H and O–H groups in total. The van der Waals surface area contributed by atoms with Gasteiger partial charge in [-0.05, 0) is 36.4 Å². The second-order valence-electron chi connectivity index (χ2n) is 4.23. The molecule has 0 aliphatic heterocycles. The number of rotatable bonds is 5. The maximum absolute atomic E-state index is 8.63. The van der Waals surface area contributed by atoms with Crippen LogP contribution >= 0.6 is 11.3 Å². The van der Waals surface area contributed by atoms with E-state index in [2.05, 4.69) is 24.4 Å². The molecule has 0 saturated heterocycles. The second kappa shape index (κ2) is 9.72. The van der Waals surface area contributed by atoms with Crippen LogP contribution in [-0.4, -0.2) is 5.11 Å². The summed E-state index contributed by atoms with van der Waals surface area (Å²) in [6, 6.07) is 13.1. The first-order valence-corrected chi connectivity index (χ1v) is 7.47. The van der Waals surface area contributed by atoms with Gasteiger partial charge in [-0.25, -0.2) is 0 Å². The normalized spacial score (nSPS) is 9.61. The SMILES string of the molecule is CCCCCCc1cccs1.Oc1ccccc1. The summed E-state index contributed by atoms with van der Waals surface area (Å²) in [5.41, 5.74) is 0. The van der Waals surface area contributed by atoms with E-state index in [1.165, 1.54) is 32.1 Å². The van der Waals surface area contributed by atoms with E-state index in [0.29, 0.717) is 5.75 Å². The van der Waals surface area contributed by atoms with Crippen LogP contribution in [0.5, 0.6) is 5.75 Å². The van der Waals surface area contributed by atoms with E-state index < -0.39 is 0 Å². The van der Waals surface area contributed by atoms with Gasteiger partial charge in [0.05, 0.1) is 0 Å². The zero-order valence-electron chi connectivity index (χ0n) is 11.0. The lowest BCUT2D eigenvalue weighted by molar-refractivity contribution is 0.475. The molecule has 0 spiro atoms. The fourth-order valence-electron chi connectivity index (χ4n) is 1.61. The molecular weight excluding hydrogens is 240 g/mol. The lowest BCUT2D eigenvalue weighted by Crippen LogP contribution is -1.80. The summed E-state index contributed by atoms with van der Waals surface area (Å²) in [6.07, 6.45) is 6.79. The van der Waals surface area contributed by atoms with E-state index in [0.717, 1.165) is 0 Å². The van der Waals surface area contributed by atoms with Crippen molar-refractivity contribution in [3.63, 3.8) is 0 Å². The van der Waals surface area contributed by atoms with Gasteiger partial charge in [-0.2, -0.15) is 0 Å². The lowest BCUT2D eigenvalue weighted by Gasteiger charge is -1.95. The summed E-state index contributed by atoms with van der Waals surface area (Å²) in [6.45, 7) is 2.26. The Morgan fingerprint density at radius 1 is 0.944 bits per heavy atom. The van der Waals surface area contributed by atoms with E-state index in [1.807, 2.05) is 17.4 Å². The van der Waals surface area contributed by atoms with E-state index in [9.17, 15) is 0 Å². The van der Waals surface area contributed by atoms with Crippen LogP contribution in [0, 0.1) is 0 Å². The summed E-state index contributed by atoms with van der Waals surface area (Å²) < 4.78 is 0. The zero-order valence-corrected chi connectivity index (χ0v) is 11.8. The third kappa shape index (κ3) is 7.13. The Morgan fingerprint density at radius 2 is 1.72 bits per heavy atom. The molecule has 1 aromatic carbocycles. The van der Waals surface area contributed by atoms with Crippen LogP contribution in [0.4, 0.5) is 0 Å². The molecule has 0 amide bonds. The molecule has 98 valence electrons. The molecular formula is C16H22OS. The molecule has 2 heteroatoms. The minimum atomic E-state index is 0.322. The fourth-order valence-corrected chi connectivity index (χ4v) is 2.36. The molecule has 2 aromatic rings. The number of aromatic hydroxyl groups is 1. The average molecular weight is 262 g/mol. The number of thiophene rings is 1. The predicted molar refractivity (Wildman–Crippen MR) is 80.3 cm³/mol.